The van der Waals surface area contributed by atoms with Crippen LogP contribution in [-0.4, -0.2) is 68.4 Å². The standard InChI is InChI=1S/C22H32ClN6O7P/c1-4-32-18-15-17(26-21(24)27-18)29(11-25-15)20-22(3,23)16-14(35-20)10-34-37(31,36-16)28-12(2)9-33-19(30)13-7-5-6-8-13/h11-14,16,20H,4-10H2,1-3H3,(H,28,31)(H2,24,26,27)/t12-,14+,16+,20+,22+,37?/m0/s1. The summed E-state index contributed by atoms with van der Waals surface area (Å²) in [6, 6.07) is -0.471. The molecule has 2 aromatic rings. The van der Waals surface area contributed by atoms with Crippen LogP contribution < -0.4 is 15.6 Å². The van der Waals surface area contributed by atoms with Crippen LogP contribution in [0.1, 0.15) is 52.7 Å². The largest absolute Gasteiger partial charge is 0.476 e. The van der Waals surface area contributed by atoms with Gasteiger partial charge in [-0.25, -0.2) is 14.6 Å². The highest BCUT2D eigenvalue weighted by molar-refractivity contribution is 7.51. The lowest BCUT2D eigenvalue weighted by Gasteiger charge is -2.36. The van der Waals surface area contributed by atoms with Gasteiger partial charge in [0.05, 0.1) is 25.5 Å². The minimum Gasteiger partial charge on any atom is -0.476 e. The molecular formula is C22H32ClN6O7P. The lowest BCUT2D eigenvalue weighted by Crippen LogP contribution is -2.46. The lowest BCUT2D eigenvalue weighted by atomic mass is 10.0. The van der Waals surface area contributed by atoms with Crippen LogP contribution in [0.3, 0.4) is 0 Å². The molecule has 2 saturated heterocycles. The molecule has 3 N–H and O–H groups in total. The number of hydrogen-bond donors (Lipinski definition) is 2. The minimum absolute atomic E-state index is 0.0142. The highest BCUT2D eigenvalue weighted by Crippen LogP contribution is 2.57. The molecule has 204 valence electrons. The molecule has 3 aliphatic rings. The van der Waals surface area contributed by atoms with Gasteiger partial charge in [-0.15, -0.1) is 11.6 Å². The molecule has 13 nitrogen and oxygen atoms in total. The van der Waals surface area contributed by atoms with Gasteiger partial charge in [0.15, 0.2) is 17.4 Å². The Labute approximate surface area is 219 Å². The number of nitrogens with one attached hydrogen (secondary N) is 1. The van der Waals surface area contributed by atoms with E-state index in [2.05, 4.69) is 20.0 Å². The van der Waals surface area contributed by atoms with Crippen molar-refractivity contribution in [3.05, 3.63) is 6.33 Å². The zero-order valence-electron chi connectivity index (χ0n) is 21.0. The molecule has 37 heavy (non-hydrogen) atoms. The molecule has 0 radical (unpaired) electrons. The second kappa shape index (κ2) is 10.3. The molecule has 1 unspecified atom stereocenters. The highest BCUT2D eigenvalue weighted by Gasteiger charge is 2.60. The Balaban J connectivity index is 1.29. The number of halogens is 1. The van der Waals surface area contributed by atoms with Crippen molar-refractivity contribution in [2.45, 2.75) is 75.8 Å². The van der Waals surface area contributed by atoms with E-state index >= 15 is 0 Å². The Kier molecular flexibility index (Phi) is 7.38. The van der Waals surface area contributed by atoms with Gasteiger partial charge in [0.1, 0.15) is 23.7 Å². The zero-order valence-corrected chi connectivity index (χ0v) is 22.6. The quantitative estimate of drug-likeness (QED) is 0.277. The van der Waals surface area contributed by atoms with Gasteiger partial charge in [-0.3, -0.25) is 18.4 Å². The number of carbonyl (C=O) groups is 1. The fraction of sp³-hybridized carbons (Fsp3) is 0.727. The summed E-state index contributed by atoms with van der Waals surface area (Å²) in [4.78, 5) is 23.8. The summed E-state index contributed by atoms with van der Waals surface area (Å²) in [5, 5.41) is 2.85. The Bertz CT molecular complexity index is 1210. The van der Waals surface area contributed by atoms with Gasteiger partial charge >= 0.3 is 13.7 Å². The van der Waals surface area contributed by atoms with Crippen molar-refractivity contribution in [1.82, 2.24) is 24.6 Å². The third-order valence-electron chi connectivity index (χ3n) is 6.82. The van der Waals surface area contributed by atoms with Crippen LogP contribution in [0, 0.1) is 5.92 Å². The SMILES string of the molecule is CCOc1nc(N)nc2c1ncn2[C@@H]1O[C@@H]2COP(=O)(N[C@@H](C)COC(=O)C3CCCC3)O[C@H]2[C@@]1(C)Cl. The van der Waals surface area contributed by atoms with Crippen molar-refractivity contribution in [3.63, 3.8) is 0 Å². The fourth-order valence-corrected chi connectivity index (χ4v) is 7.25. The number of rotatable bonds is 8. The van der Waals surface area contributed by atoms with Crippen LogP contribution in [0.4, 0.5) is 5.95 Å². The summed E-state index contributed by atoms with van der Waals surface area (Å²) in [6.45, 7) is 5.70. The normalized spacial score (nSPS) is 32.9. The van der Waals surface area contributed by atoms with Crippen molar-refractivity contribution < 1.29 is 32.6 Å². The van der Waals surface area contributed by atoms with Crippen LogP contribution in [0.25, 0.3) is 11.2 Å². The van der Waals surface area contributed by atoms with Crippen molar-refractivity contribution in [1.29, 1.82) is 0 Å². The van der Waals surface area contributed by atoms with Gasteiger partial charge in [-0.05, 0) is 33.6 Å². The number of nitrogen functional groups attached to an aromatic ring is 1. The van der Waals surface area contributed by atoms with E-state index in [4.69, 9.17) is 40.6 Å². The van der Waals surface area contributed by atoms with E-state index in [-0.39, 0.29) is 36.9 Å². The first-order valence-electron chi connectivity index (χ1n) is 12.5. The van der Waals surface area contributed by atoms with Crippen LogP contribution >= 0.6 is 19.3 Å². The average Bonchev–Trinajstić information content (AvgIpc) is 3.57. The first-order valence-corrected chi connectivity index (χ1v) is 14.4. The van der Waals surface area contributed by atoms with Gasteiger partial charge in [0.25, 0.3) is 0 Å². The number of nitrogens with zero attached hydrogens (tertiary/aromatic N) is 4. The third kappa shape index (κ3) is 5.17. The van der Waals surface area contributed by atoms with Gasteiger partial charge in [-0.1, -0.05) is 12.8 Å². The van der Waals surface area contributed by atoms with E-state index in [1.54, 1.807) is 18.4 Å². The van der Waals surface area contributed by atoms with Crippen molar-refractivity contribution in [3.8, 4) is 5.88 Å². The number of carbonyl (C=O) groups excluding carboxylic acids is 1. The molecule has 6 atom stereocenters. The Morgan fingerprint density at radius 3 is 2.89 bits per heavy atom. The Hall–Kier alpha value is -2.02. The maximum Gasteiger partial charge on any atom is 0.406 e. The predicted molar refractivity (Wildman–Crippen MR) is 133 cm³/mol. The zero-order chi connectivity index (χ0) is 26.4. The molecule has 4 heterocycles. The highest BCUT2D eigenvalue weighted by atomic mass is 35.5. The first kappa shape index (κ1) is 26.6. The van der Waals surface area contributed by atoms with E-state index in [9.17, 15) is 9.36 Å². The minimum atomic E-state index is -3.78. The van der Waals surface area contributed by atoms with Crippen LogP contribution in [0.2, 0.25) is 0 Å². The number of anilines is 1. The Morgan fingerprint density at radius 2 is 2.16 bits per heavy atom. The number of aromatic nitrogens is 4. The van der Waals surface area contributed by atoms with E-state index < -0.39 is 37.1 Å². The molecular weight excluding hydrogens is 527 g/mol. The molecule has 3 fully saturated rings. The summed E-state index contributed by atoms with van der Waals surface area (Å²) in [7, 11) is -3.78. The summed E-state index contributed by atoms with van der Waals surface area (Å²) in [5.74, 6) is -0.00774. The first-order chi connectivity index (χ1) is 17.6. The van der Waals surface area contributed by atoms with Gasteiger partial charge < -0.3 is 19.9 Å². The molecule has 2 aromatic heterocycles. The monoisotopic (exact) mass is 558 g/mol. The third-order valence-corrected chi connectivity index (χ3v) is 8.98. The van der Waals surface area contributed by atoms with E-state index in [1.807, 2.05) is 6.92 Å². The topological polar surface area (TPSA) is 162 Å². The van der Waals surface area contributed by atoms with E-state index in [1.165, 1.54) is 6.33 Å². The average molecular weight is 559 g/mol. The van der Waals surface area contributed by atoms with Crippen molar-refractivity contribution >= 4 is 42.4 Å². The second-order valence-corrected chi connectivity index (χ2v) is 12.3. The molecule has 1 saturated carbocycles. The number of hydrogen-bond acceptors (Lipinski definition) is 11. The molecule has 2 aliphatic heterocycles. The number of nitrogens with two attached hydrogens (primary N) is 1. The molecule has 0 aromatic carbocycles. The lowest BCUT2D eigenvalue weighted by molar-refractivity contribution is -0.148. The summed E-state index contributed by atoms with van der Waals surface area (Å²) in [6.07, 6.45) is 3.11. The summed E-state index contributed by atoms with van der Waals surface area (Å²) >= 11 is 7.00. The van der Waals surface area contributed by atoms with Gasteiger partial charge in [0, 0.05) is 6.04 Å². The second-order valence-electron chi connectivity index (χ2n) is 9.78. The molecule has 1 aliphatic carbocycles. The van der Waals surface area contributed by atoms with Gasteiger partial charge in [0.2, 0.25) is 11.8 Å². The molecule has 0 bridgehead atoms. The maximum absolute atomic E-state index is 13.5. The molecule has 0 spiro atoms. The number of ether oxygens (including phenoxy) is 3. The van der Waals surface area contributed by atoms with E-state index in [0.29, 0.717) is 17.8 Å². The Morgan fingerprint density at radius 1 is 1.41 bits per heavy atom. The number of imidazole rings is 1. The van der Waals surface area contributed by atoms with Crippen molar-refractivity contribution in [2.75, 3.05) is 25.6 Å². The number of esters is 1. The smallest absolute Gasteiger partial charge is 0.406 e. The molecule has 15 heteroatoms. The van der Waals surface area contributed by atoms with Crippen LogP contribution in [0.15, 0.2) is 6.33 Å². The molecule has 0 amide bonds. The molecule has 5 rings (SSSR count). The van der Waals surface area contributed by atoms with Crippen LogP contribution in [-0.2, 0) is 27.9 Å². The fourth-order valence-electron chi connectivity index (χ4n) is 5.04. The summed E-state index contributed by atoms with van der Waals surface area (Å²) < 4.78 is 43.8. The van der Waals surface area contributed by atoms with Gasteiger partial charge in [-0.2, -0.15) is 9.97 Å². The van der Waals surface area contributed by atoms with E-state index in [0.717, 1.165) is 25.7 Å². The summed E-state index contributed by atoms with van der Waals surface area (Å²) in [5.41, 5.74) is 6.68. The van der Waals surface area contributed by atoms with Crippen LogP contribution in [0.5, 0.6) is 5.88 Å². The predicted octanol–water partition coefficient (Wildman–Crippen LogP) is 2.94. The maximum atomic E-state index is 13.5. The number of fused-ring (bicyclic) bond motifs is 2. The van der Waals surface area contributed by atoms with Crippen molar-refractivity contribution in [2.24, 2.45) is 5.92 Å². The number of alkyl halides is 1.